The topological polar surface area (TPSA) is 58.7 Å². The van der Waals surface area contributed by atoms with Crippen molar-refractivity contribution in [3.63, 3.8) is 0 Å². The Balaban J connectivity index is 1.75. The third kappa shape index (κ3) is 4.30. The molecule has 19 heavy (non-hydrogen) atoms. The van der Waals surface area contributed by atoms with Crippen molar-refractivity contribution in [3.05, 3.63) is 24.3 Å². The Kier molecular flexibility index (Phi) is 5.36. The van der Waals surface area contributed by atoms with Gasteiger partial charge in [-0.25, -0.2) is 0 Å². The SMILES string of the molecule is CN(CC(O)COc1ccccc1N)C1CCSC1. The number of nitrogen functional groups attached to an aromatic ring is 1. The standard InChI is InChI=1S/C14H22N2O2S/c1-16(11-6-7-19-10-11)8-12(17)9-18-14-5-3-2-4-13(14)15/h2-5,11-12,17H,6-10,15H2,1H3. The number of likely N-dealkylation sites (N-methyl/N-ethyl adjacent to an activating group) is 1. The van der Waals surface area contributed by atoms with Crippen LogP contribution in [0.3, 0.4) is 0 Å². The van der Waals surface area contributed by atoms with E-state index in [0.717, 1.165) is 5.75 Å². The summed E-state index contributed by atoms with van der Waals surface area (Å²) in [5.41, 5.74) is 6.39. The highest BCUT2D eigenvalue weighted by Crippen LogP contribution is 2.22. The van der Waals surface area contributed by atoms with Crippen molar-refractivity contribution in [1.29, 1.82) is 0 Å². The molecule has 0 bridgehead atoms. The molecule has 106 valence electrons. The summed E-state index contributed by atoms with van der Waals surface area (Å²) in [4.78, 5) is 2.22. The van der Waals surface area contributed by atoms with Crippen LogP contribution in [-0.4, -0.2) is 53.9 Å². The molecule has 1 saturated heterocycles. The third-order valence-electron chi connectivity index (χ3n) is 3.38. The second kappa shape index (κ2) is 7.03. The highest BCUT2D eigenvalue weighted by Gasteiger charge is 2.21. The van der Waals surface area contributed by atoms with Gasteiger partial charge in [0.1, 0.15) is 18.5 Å². The first-order valence-corrected chi connectivity index (χ1v) is 7.75. The molecule has 1 aromatic carbocycles. The number of para-hydroxylation sites is 2. The molecule has 0 saturated carbocycles. The number of thioether (sulfide) groups is 1. The van der Waals surface area contributed by atoms with Crippen molar-refractivity contribution in [1.82, 2.24) is 4.90 Å². The molecule has 0 amide bonds. The minimum atomic E-state index is -0.491. The van der Waals surface area contributed by atoms with Gasteiger partial charge in [-0.05, 0) is 31.4 Å². The Labute approximate surface area is 118 Å². The minimum absolute atomic E-state index is 0.276. The Morgan fingerprint density at radius 3 is 3.00 bits per heavy atom. The van der Waals surface area contributed by atoms with Crippen LogP contribution in [0.4, 0.5) is 5.69 Å². The molecule has 1 fully saturated rings. The van der Waals surface area contributed by atoms with Gasteiger partial charge in [0.05, 0.1) is 5.69 Å². The van der Waals surface area contributed by atoms with E-state index in [2.05, 4.69) is 11.9 Å². The number of hydrogen-bond acceptors (Lipinski definition) is 5. The van der Waals surface area contributed by atoms with Crippen LogP contribution in [0.1, 0.15) is 6.42 Å². The number of aliphatic hydroxyl groups excluding tert-OH is 1. The molecule has 0 aliphatic carbocycles. The fourth-order valence-electron chi connectivity index (χ4n) is 2.20. The van der Waals surface area contributed by atoms with E-state index in [1.807, 2.05) is 30.0 Å². The number of benzene rings is 1. The second-order valence-corrected chi connectivity index (χ2v) is 6.11. The van der Waals surface area contributed by atoms with Crippen molar-refractivity contribution in [3.8, 4) is 5.75 Å². The Hall–Kier alpha value is -0.910. The van der Waals surface area contributed by atoms with Crippen LogP contribution >= 0.6 is 11.8 Å². The number of aliphatic hydroxyl groups is 1. The van der Waals surface area contributed by atoms with Crippen molar-refractivity contribution < 1.29 is 9.84 Å². The quantitative estimate of drug-likeness (QED) is 0.773. The Bertz CT molecular complexity index is 397. The summed E-state index contributed by atoms with van der Waals surface area (Å²) in [6, 6.07) is 7.94. The lowest BCUT2D eigenvalue weighted by Gasteiger charge is -2.26. The van der Waals surface area contributed by atoms with Crippen molar-refractivity contribution in [2.24, 2.45) is 0 Å². The predicted octanol–water partition coefficient (Wildman–Crippen LogP) is 1.45. The van der Waals surface area contributed by atoms with Gasteiger partial charge in [0.25, 0.3) is 0 Å². The van der Waals surface area contributed by atoms with Crippen molar-refractivity contribution in [2.45, 2.75) is 18.6 Å². The van der Waals surface area contributed by atoms with Crippen LogP contribution in [0, 0.1) is 0 Å². The van der Waals surface area contributed by atoms with Crippen LogP contribution in [0.15, 0.2) is 24.3 Å². The van der Waals surface area contributed by atoms with Gasteiger partial charge in [-0.15, -0.1) is 0 Å². The van der Waals surface area contributed by atoms with Crippen LogP contribution in [0.25, 0.3) is 0 Å². The van der Waals surface area contributed by atoms with Gasteiger partial charge in [0.2, 0.25) is 0 Å². The van der Waals surface area contributed by atoms with Gasteiger partial charge in [-0.1, -0.05) is 12.1 Å². The molecule has 1 aliphatic rings. The number of anilines is 1. The molecule has 2 rings (SSSR count). The highest BCUT2D eigenvalue weighted by atomic mass is 32.2. The number of rotatable bonds is 6. The lowest BCUT2D eigenvalue weighted by Crippen LogP contribution is -2.39. The zero-order valence-electron chi connectivity index (χ0n) is 11.3. The number of hydrogen-bond donors (Lipinski definition) is 2. The van der Waals surface area contributed by atoms with Crippen LogP contribution in [0.5, 0.6) is 5.75 Å². The van der Waals surface area contributed by atoms with Gasteiger partial charge in [0.15, 0.2) is 0 Å². The summed E-state index contributed by atoms with van der Waals surface area (Å²) in [6.07, 6.45) is 0.718. The minimum Gasteiger partial charge on any atom is -0.489 e. The smallest absolute Gasteiger partial charge is 0.142 e. The molecular formula is C14H22N2O2S. The molecule has 1 aromatic rings. The maximum Gasteiger partial charge on any atom is 0.142 e. The Morgan fingerprint density at radius 2 is 2.32 bits per heavy atom. The molecule has 1 heterocycles. The normalized spacial score (nSPS) is 20.7. The molecule has 2 unspecified atom stereocenters. The van der Waals surface area contributed by atoms with Crippen LogP contribution in [-0.2, 0) is 0 Å². The number of nitrogens with two attached hydrogens (primary N) is 1. The maximum absolute atomic E-state index is 10.0. The van der Waals surface area contributed by atoms with E-state index >= 15 is 0 Å². The zero-order valence-corrected chi connectivity index (χ0v) is 12.1. The highest BCUT2D eigenvalue weighted by molar-refractivity contribution is 7.99. The maximum atomic E-state index is 10.0. The fourth-order valence-corrected chi connectivity index (χ4v) is 3.50. The van der Waals surface area contributed by atoms with Crippen LogP contribution in [0.2, 0.25) is 0 Å². The summed E-state index contributed by atoms with van der Waals surface area (Å²) in [5, 5.41) is 10.0. The molecule has 0 spiro atoms. The first kappa shape index (κ1) is 14.5. The molecule has 3 N–H and O–H groups in total. The summed E-state index contributed by atoms with van der Waals surface area (Å²) in [6.45, 7) is 0.913. The van der Waals surface area contributed by atoms with E-state index in [9.17, 15) is 5.11 Å². The largest absolute Gasteiger partial charge is 0.489 e. The molecule has 0 aromatic heterocycles. The average Bonchev–Trinajstić information content (AvgIpc) is 2.91. The molecule has 5 heteroatoms. The average molecular weight is 282 g/mol. The summed E-state index contributed by atoms with van der Waals surface area (Å²) in [5.74, 6) is 3.03. The lowest BCUT2D eigenvalue weighted by molar-refractivity contribution is 0.0667. The van der Waals surface area contributed by atoms with E-state index in [1.165, 1.54) is 12.2 Å². The van der Waals surface area contributed by atoms with E-state index in [-0.39, 0.29) is 6.61 Å². The summed E-state index contributed by atoms with van der Waals surface area (Å²) >= 11 is 1.98. The van der Waals surface area contributed by atoms with Gasteiger partial charge >= 0.3 is 0 Å². The summed E-state index contributed by atoms with van der Waals surface area (Å²) < 4.78 is 5.56. The third-order valence-corrected chi connectivity index (χ3v) is 4.52. The van der Waals surface area contributed by atoms with E-state index in [1.54, 1.807) is 6.07 Å². The van der Waals surface area contributed by atoms with Gasteiger partial charge < -0.3 is 15.6 Å². The monoisotopic (exact) mass is 282 g/mol. The number of nitrogens with zero attached hydrogens (tertiary/aromatic N) is 1. The first-order chi connectivity index (χ1) is 9.16. The van der Waals surface area contributed by atoms with Crippen molar-refractivity contribution in [2.75, 3.05) is 37.4 Å². The van der Waals surface area contributed by atoms with Gasteiger partial charge in [-0.3, -0.25) is 4.90 Å². The lowest BCUT2D eigenvalue weighted by atomic mass is 10.2. The summed E-state index contributed by atoms with van der Waals surface area (Å²) in [7, 11) is 2.07. The van der Waals surface area contributed by atoms with E-state index < -0.39 is 6.10 Å². The molecule has 1 aliphatic heterocycles. The second-order valence-electron chi connectivity index (χ2n) is 4.96. The van der Waals surface area contributed by atoms with E-state index in [4.69, 9.17) is 10.5 Å². The van der Waals surface area contributed by atoms with Gasteiger partial charge in [-0.2, -0.15) is 11.8 Å². The first-order valence-electron chi connectivity index (χ1n) is 6.60. The van der Waals surface area contributed by atoms with Crippen molar-refractivity contribution >= 4 is 17.4 Å². The molecule has 0 radical (unpaired) electrons. The molecule has 2 atom stereocenters. The van der Waals surface area contributed by atoms with Gasteiger partial charge in [0, 0.05) is 18.3 Å². The predicted molar refractivity (Wildman–Crippen MR) is 80.7 cm³/mol. The van der Waals surface area contributed by atoms with Crippen LogP contribution < -0.4 is 10.5 Å². The fraction of sp³-hybridized carbons (Fsp3) is 0.571. The zero-order chi connectivity index (χ0) is 13.7. The molecule has 4 nitrogen and oxygen atoms in total. The van der Waals surface area contributed by atoms with E-state index in [0.29, 0.717) is 24.0 Å². The molecular weight excluding hydrogens is 260 g/mol. The Morgan fingerprint density at radius 1 is 1.53 bits per heavy atom. The number of ether oxygens (including phenoxy) is 1.